The normalized spacial score (nSPS) is 33.3. The van der Waals surface area contributed by atoms with Gasteiger partial charge in [-0.05, 0) is 31.1 Å². The molecule has 2 amide bonds. The minimum absolute atomic E-state index is 0.0203. The maximum Gasteiger partial charge on any atom is 0.243 e. The molecule has 2 fully saturated rings. The molecule has 1 aliphatic heterocycles. The van der Waals surface area contributed by atoms with Gasteiger partial charge in [-0.25, -0.2) is 0 Å². The van der Waals surface area contributed by atoms with E-state index in [2.05, 4.69) is 12.2 Å². The number of nitrogens with one attached hydrogen (secondary N) is 1. The third kappa shape index (κ3) is 3.10. The molecule has 1 saturated heterocycles. The fraction of sp³-hybridized carbons (Fsp3) is 0.867. The monoisotopic (exact) mass is 266 g/mol. The van der Waals surface area contributed by atoms with E-state index in [9.17, 15) is 9.59 Å². The molecular formula is C15H26N2O2. The summed E-state index contributed by atoms with van der Waals surface area (Å²) in [6, 6.07) is -0.0180. The minimum atomic E-state index is -0.278. The number of piperazine rings is 1. The van der Waals surface area contributed by atoms with E-state index in [-0.39, 0.29) is 36.4 Å². The Labute approximate surface area is 115 Å². The van der Waals surface area contributed by atoms with Gasteiger partial charge in [0.05, 0.1) is 6.54 Å². The molecule has 3 atom stereocenters. The standard InChI is InChI=1S/C15H26N2O2/c1-10(2)14-15(19)16-9-13(18)17(14)12-6-4-5-11(3)7-8-12/h10-12,14H,4-9H2,1-3H3,(H,16,19). The molecule has 0 spiro atoms. The Morgan fingerprint density at radius 1 is 1.16 bits per heavy atom. The lowest BCUT2D eigenvalue weighted by Gasteiger charge is -2.42. The van der Waals surface area contributed by atoms with Crippen LogP contribution in [0.2, 0.25) is 0 Å². The predicted molar refractivity (Wildman–Crippen MR) is 74.5 cm³/mol. The summed E-state index contributed by atoms with van der Waals surface area (Å²) in [5.74, 6) is 1.03. The van der Waals surface area contributed by atoms with Gasteiger partial charge in [-0.2, -0.15) is 0 Å². The van der Waals surface area contributed by atoms with Crippen molar-refractivity contribution in [3.8, 4) is 0 Å². The summed E-state index contributed by atoms with van der Waals surface area (Å²) in [7, 11) is 0. The molecule has 0 aromatic rings. The van der Waals surface area contributed by atoms with Crippen LogP contribution in [0.15, 0.2) is 0 Å². The number of amides is 2. The van der Waals surface area contributed by atoms with Crippen molar-refractivity contribution in [2.75, 3.05) is 6.54 Å². The Morgan fingerprint density at radius 3 is 2.58 bits per heavy atom. The first-order valence-corrected chi connectivity index (χ1v) is 7.59. The molecule has 2 rings (SSSR count). The van der Waals surface area contributed by atoms with Crippen LogP contribution in [0, 0.1) is 11.8 Å². The minimum Gasteiger partial charge on any atom is -0.345 e. The van der Waals surface area contributed by atoms with Gasteiger partial charge in [-0.3, -0.25) is 9.59 Å². The van der Waals surface area contributed by atoms with E-state index in [1.807, 2.05) is 18.7 Å². The van der Waals surface area contributed by atoms with Crippen LogP contribution >= 0.6 is 0 Å². The lowest BCUT2D eigenvalue weighted by Crippen LogP contribution is -2.63. The van der Waals surface area contributed by atoms with Crippen LogP contribution in [0.4, 0.5) is 0 Å². The van der Waals surface area contributed by atoms with Gasteiger partial charge in [0.1, 0.15) is 6.04 Å². The van der Waals surface area contributed by atoms with Crippen molar-refractivity contribution in [2.24, 2.45) is 11.8 Å². The van der Waals surface area contributed by atoms with Gasteiger partial charge in [0.15, 0.2) is 0 Å². The van der Waals surface area contributed by atoms with Crippen molar-refractivity contribution >= 4 is 11.8 Å². The van der Waals surface area contributed by atoms with E-state index in [4.69, 9.17) is 0 Å². The van der Waals surface area contributed by atoms with Gasteiger partial charge < -0.3 is 10.2 Å². The number of hydrogen-bond donors (Lipinski definition) is 1. The van der Waals surface area contributed by atoms with Crippen LogP contribution < -0.4 is 5.32 Å². The highest BCUT2D eigenvalue weighted by Crippen LogP contribution is 2.29. The summed E-state index contributed by atoms with van der Waals surface area (Å²) >= 11 is 0. The van der Waals surface area contributed by atoms with E-state index in [0.29, 0.717) is 0 Å². The largest absolute Gasteiger partial charge is 0.345 e. The molecule has 1 saturated carbocycles. The lowest BCUT2D eigenvalue weighted by molar-refractivity contribution is -0.150. The average molecular weight is 266 g/mol. The third-order valence-electron chi connectivity index (χ3n) is 4.52. The van der Waals surface area contributed by atoms with Crippen LogP contribution in [0.3, 0.4) is 0 Å². The fourth-order valence-electron chi connectivity index (χ4n) is 3.44. The summed E-state index contributed by atoms with van der Waals surface area (Å²) in [6.07, 6.45) is 5.68. The zero-order valence-electron chi connectivity index (χ0n) is 12.3. The summed E-state index contributed by atoms with van der Waals surface area (Å²) < 4.78 is 0. The summed E-state index contributed by atoms with van der Waals surface area (Å²) in [5.41, 5.74) is 0. The van der Waals surface area contributed by atoms with Crippen LogP contribution in [-0.4, -0.2) is 35.3 Å². The first-order valence-electron chi connectivity index (χ1n) is 7.59. The molecule has 1 N–H and O–H groups in total. The Hall–Kier alpha value is -1.06. The molecule has 4 heteroatoms. The molecule has 0 aromatic heterocycles. The first-order chi connectivity index (χ1) is 9.00. The average Bonchev–Trinajstić information content (AvgIpc) is 2.56. The highest BCUT2D eigenvalue weighted by molar-refractivity contribution is 5.95. The number of hydrogen-bond acceptors (Lipinski definition) is 2. The van der Waals surface area contributed by atoms with Gasteiger partial charge in [-0.15, -0.1) is 0 Å². The second-order valence-corrected chi connectivity index (χ2v) is 6.47. The van der Waals surface area contributed by atoms with Crippen LogP contribution in [0.1, 0.15) is 52.9 Å². The second-order valence-electron chi connectivity index (χ2n) is 6.47. The zero-order valence-corrected chi connectivity index (χ0v) is 12.3. The molecule has 1 aliphatic carbocycles. The quantitative estimate of drug-likeness (QED) is 0.777. The fourth-order valence-corrected chi connectivity index (χ4v) is 3.44. The first kappa shape index (κ1) is 14.4. The Bertz CT molecular complexity index is 354. The maximum atomic E-state index is 12.3. The van der Waals surface area contributed by atoms with Crippen LogP contribution in [0.5, 0.6) is 0 Å². The molecule has 0 radical (unpaired) electrons. The van der Waals surface area contributed by atoms with Crippen molar-refractivity contribution < 1.29 is 9.59 Å². The highest BCUT2D eigenvalue weighted by atomic mass is 16.2. The van der Waals surface area contributed by atoms with Gasteiger partial charge in [0.2, 0.25) is 11.8 Å². The molecule has 1 heterocycles. The van der Waals surface area contributed by atoms with Crippen molar-refractivity contribution in [1.29, 1.82) is 0 Å². The Kier molecular flexibility index (Phi) is 4.48. The van der Waals surface area contributed by atoms with Crippen LogP contribution in [0.25, 0.3) is 0 Å². The smallest absolute Gasteiger partial charge is 0.243 e. The van der Waals surface area contributed by atoms with Crippen molar-refractivity contribution in [3.63, 3.8) is 0 Å². The Morgan fingerprint density at radius 2 is 1.89 bits per heavy atom. The molecule has 3 unspecified atom stereocenters. The van der Waals surface area contributed by atoms with Gasteiger partial charge in [-0.1, -0.05) is 33.6 Å². The van der Waals surface area contributed by atoms with E-state index >= 15 is 0 Å². The lowest BCUT2D eigenvalue weighted by atomic mass is 9.94. The van der Waals surface area contributed by atoms with Crippen molar-refractivity contribution in [3.05, 3.63) is 0 Å². The van der Waals surface area contributed by atoms with Gasteiger partial charge >= 0.3 is 0 Å². The van der Waals surface area contributed by atoms with Crippen molar-refractivity contribution in [2.45, 2.75) is 65.0 Å². The third-order valence-corrected chi connectivity index (χ3v) is 4.52. The summed E-state index contributed by atoms with van der Waals surface area (Å²) in [5, 5.41) is 2.73. The number of rotatable bonds is 2. The zero-order chi connectivity index (χ0) is 14.0. The maximum absolute atomic E-state index is 12.3. The van der Waals surface area contributed by atoms with E-state index < -0.39 is 0 Å². The number of carbonyl (C=O) groups is 2. The van der Waals surface area contributed by atoms with Gasteiger partial charge in [0, 0.05) is 6.04 Å². The van der Waals surface area contributed by atoms with E-state index in [1.54, 1.807) is 0 Å². The number of nitrogens with zero attached hydrogens (tertiary/aromatic N) is 1. The summed E-state index contributed by atoms with van der Waals surface area (Å²) in [6.45, 7) is 6.51. The molecule has 19 heavy (non-hydrogen) atoms. The van der Waals surface area contributed by atoms with E-state index in [1.165, 1.54) is 19.3 Å². The SMILES string of the molecule is CC1CCCC(N2C(=O)CNC(=O)C2C(C)C)CC1. The molecule has 0 aromatic carbocycles. The molecule has 0 bridgehead atoms. The number of carbonyl (C=O) groups excluding carboxylic acids is 2. The molecular weight excluding hydrogens is 240 g/mol. The van der Waals surface area contributed by atoms with Crippen LogP contribution in [-0.2, 0) is 9.59 Å². The van der Waals surface area contributed by atoms with Crippen molar-refractivity contribution in [1.82, 2.24) is 10.2 Å². The molecule has 108 valence electrons. The topological polar surface area (TPSA) is 49.4 Å². The Balaban J connectivity index is 2.17. The summed E-state index contributed by atoms with van der Waals surface area (Å²) in [4.78, 5) is 26.2. The highest BCUT2D eigenvalue weighted by Gasteiger charge is 2.40. The molecule has 4 nitrogen and oxygen atoms in total. The van der Waals surface area contributed by atoms with Gasteiger partial charge in [0.25, 0.3) is 0 Å². The second kappa shape index (κ2) is 5.93. The predicted octanol–water partition coefficient (Wildman–Crippen LogP) is 1.94. The molecule has 2 aliphatic rings. The van der Waals surface area contributed by atoms with E-state index in [0.717, 1.165) is 18.8 Å².